The van der Waals surface area contributed by atoms with Crippen LogP contribution in [0.15, 0.2) is 54.6 Å². The zero-order valence-corrected chi connectivity index (χ0v) is 22.2. The average Bonchev–Trinajstić information content (AvgIpc) is 2.78. The van der Waals surface area contributed by atoms with Gasteiger partial charge in [-0.2, -0.15) is 0 Å². The van der Waals surface area contributed by atoms with Crippen LogP contribution in [-0.2, 0) is 4.74 Å². The normalized spacial score (nSPS) is 16.5. The molecule has 1 aliphatic rings. The summed E-state index contributed by atoms with van der Waals surface area (Å²) < 4.78 is 6.26. The van der Waals surface area contributed by atoms with Crippen LogP contribution in [0.1, 0.15) is 42.8 Å². The van der Waals surface area contributed by atoms with Crippen molar-refractivity contribution in [2.75, 3.05) is 45.9 Å². The molecule has 1 saturated heterocycles. The summed E-state index contributed by atoms with van der Waals surface area (Å²) >= 11 is 5.94. The molecule has 0 amide bonds. The molecule has 2 unspecified atom stereocenters. The van der Waals surface area contributed by atoms with Crippen LogP contribution in [0, 0.1) is 11.8 Å². The van der Waals surface area contributed by atoms with Gasteiger partial charge in [0.25, 0.3) is 0 Å². The molecular weight excluding hydrogens is 479 g/mol. The summed E-state index contributed by atoms with van der Waals surface area (Å²) in [6.45, 7) is 12.8. The first-order valence-corrected chi connectivity index (χ1v) is 11.7. The van der Waals surface area contributed by atoms with Crippen molar-refractivity contribution in [2.45, 2.75) is 26.9 Å². The van der Waals surface area contributed by atoms with Crippen LogP contribution in [0.2, 0.25) is 5.02 Å². The first kappa shape index (κ1) is 29.9. The molecule has 0 aromatic heterocycles. The zero-order valence-electron chi connectivity index (χ0n) is 19.8. The summed E-state index contributed by atoms with van der Waals surface area (Å²) in [5.74, 6) is 0.673. The second-order valence-electron chi connectivity index (χ2n) is 9.00. The molecule has 0 saturated carbocycles. The molecule has 0 N–H and O–H groups in total. The molecule has 4 nitrogen and oxygen atoms in total. The Kier molecular flexibility index (Phi) is 13.6. The van der Waals surface area contributed by atoms with Crippen molar-refractivity contribution in [2.24, 2.45) is 11.8 Å². The van der Waals surface area contributed by atoms with Crippen LogP contribution in [0.5, 0.6) is 0 Å². The van der Waals surface area contributed by atoms with Crippen molar-refractivity contribution >= 4 is 42.2 Å². The standard InChI is InChI=1S/C26H35ClN2O2.2ClH/c1-20(2)19-31-25(22-7-5-4-6-8-22)18-29-15-13-28(14-16-29)17-21(3)26(30)23-9-11-24(27)12-10-23;;/h4-12,20-21,25H,13-19H2,1-3H3;2*1H. The van der Waals surface area contributed by atoms with E-state index >= 15 is 0 Å². The summed E-state index contributed by atoms with van der Waals surface area (Å²) in [4.78, 5) is 17.6. The minimum Gasteiger partial charge on any atom is -0.372 e. The Labute approximate surface area is 216 Å². The van der Waals surface area contributed by atoms with Crippen LogP contribution in [0.3, 0.4) is 0 Å². The number of hydrogen-bond acceptors (Lipinski definition) is 4. The van der Waals surface area contributed by atoms with Gasteiger partial charge in [-0.05, 0) is 35.7 Å². The Bertz CT molecular complexity index is 810. The highest BCUT2D eigenvalue weighted by Crippen LogP contribution is 2.21. The van der Waals surface area contributed by atoms with Gasteiger partial charge in [-0.1, -0.05) is 62.7 Å². The fourth-order valence-electron chi connectivity index (χ4n) is 3.99. The van der Waals surface area contributed by atoms with E-state index in [2.05, 4.69) is 47.9 Å². The highest BCUT2D eigenvalue weighted by atomic mass is 35.5. The van der Waals surface area contributed by atoms with Gasteiger partial charge in [-0.3, -0.25) is 9.69 Å². The molecular formula is C26H37Cl3N2O2. The number of nitrogens with zero attached hydrogens (tertiary/aromatic N) is 2. The van der Waals surface area contributed by atoms with Crippen LogP contribution >= 0.6 is 36.4 Å². The molecule has 2 atom stereocenters. The number of carbonyl (C=O) groups is 1. The highest BCUT2D eigenvalue weighted by Gasteiger charge is 2.24. The SMILES string of the molecule is CC(C)COC(CN1CCN(CC(C)C(=O)c2ccc(Cl)cc2)CC1)c1ccccc1.Cl.Cl. The van der Waals surface area contributed by atoms with E-state index in [0.29, 0.717) is 10.9 Å². The molecule has 33 heavy (non-hydrogen) atoms. The minimum absolute atomic E-state index is 0. The lowest BCUT2D eigenvalue weighted by Gasteiger charge is -2.37. The van der Waals surface area contributed by atoms with Crippen molar-refractivity contribution < 1.29 is 9.53 Å². The van der Waals surface area contributed by atoms with Crippen LogP contribution in [-0.4, -0.2) is 61.5 Å². The Morgan fingerprint density at radius 3 is 1.97 bits per heavy atom. The van der Waals surface area contributed by atoms with Gasteiger partial charge in [-0.25, -0.2) is 0 Å². The Hall–Kier alpha value is -1.14. The third kappa shape index (κ3) is 9.56. The number of rotatable bonds is 10. The second kappa shape index (κ2) is 15.0. The van der Waals surface area contributed by atoms with Gasteiger partial charge in [0, 0.05) is 62.4 Å². The quantitative estimate of drug-likeness (QED) is 0.361. The number of piperazine rings is 1. The molecule has 0 bridgehead atoms. The lowest BCUT2D eigenvalue weighted by atomic mass is 9.98. The lowest BCUT2D eigenvalue weighted by Crippen LogP contribution is -2.49. The summed E-state index contributed by atoms with van der Waals surface area (Å²) in [5, 5.41) is 0.659. The first-order chi connectivity index (χ1) is 14.9. The maximum atomic E-state index is 12.7. The third-order valence-corrected chi connectivity index (χ3v) is 6.05. The molecule has 0 aliphatic carbocycles. The predicted molar refractivity (Wildman–Crippen MR) is 142 cm³/mol. The Balaban J connectivity index is 0.00000272. The molecule has 2 aromatic carbocycles. The monoisotopic (exact) mass is 514 g/mol. The lowest BCUT2D eigenvalue weighted by molar-refractivity contribution is -0.000154. The number of benzene rings is 2. The maximum absolute atomic E-state index is 12.7. The number of carbonyl (C=O) groups excluding carboxylic acids is 1. The molecule has 7 heteroatoms. The molecule has 2 aromatic rings. The number of halogens is 3. The summed E-state index contributed by atoms with van der Waals surface area (Å²) in [6.07, 6.45) is 0.0977. The molecule has 0 radical (unpaired) electrons. The van der Waals surface area contributed by atoms with E-state index in [1.54, 1.807) is 12.1 Å². The second-order valence-corrected chi connectivity index (χ2v) is 9.44. The predicted octanol–water partition coefficient (Wildman–Crippen LogP) is 6.03. The van der Waals surface area contributed by atoms with Gasteiger partial charge in [0.1, 0.15) is 0 Å². The molecule has 1 fully saturated rings. The van der Waals surface area contributed by atoms with E-state index in [0.717, 1.165) is 51.4 Å². The average molecular weight is 516 g/mol. The Morgan fingerprint density at radius 1 is 0.879 bits per heavy atom. The molecule has 1 aliphatic heterocycles. The van der Waals surface area contributed by atoms with Gasteiger partial charge in [0.15, 0.2) is 5.78 Å². The van der Waals surface area contributed by atoms with E-state index in [1.165, 1.54) is 5.56 Å². The van der Waals surface area contributed by atoms with Crippen molar-refractivity contribution in [3.63, 3.8) is 0 Å². The van der Waals surface area contributed by atoms with Crippen molar-refractivity contribution in [1.29, 1.82) is 0 Å². The summed E-state index contributed by atoms with van der Waals surface area (Å²) in [6, 6.07) is 17.7. The Morgan fingerprint density at radius 2 is 1.42 bits per heavy atom. The maximum Gasteiger partial charge on any atom is 0.166 e. The number of Topliss-reactive ketones (excluding diaryl/α,β-unsaturated/α-hetero) is 1. The topological polar surface area (TPSA) is 32.8 Å². The van der Waals surface area contributed by atoms with Gasteiger partial charge >= 0.3 is 0 Å². The van der Waals surface area contributed by atoms with E-state index in [4.69, 9.17) is 16.3 Å². The van der Waals surface area contributed by atoms with Gasteiger partial charge < -0.3 is 9.64 Å². The van der Waals surface area contributed by atoms with Crippen LogP contribution in [0.25, 0.3) is 0 Å². The molecule has 1 heterocycles. The van der Waals surface area contributed by atoms with Crippen molar-refractivity contribution in [3.05, 3.63) is 70.7 Å². The number of hydrogen-bond donors (Lipinski definition) is 0. The smallest absolute Gasteiger partial charge is 0.166 e. The van der Waals surface area contributed by atoms with E-state index in [1.807, 2.05) is 25.1 Å². The van der Waals surface area contributed by atoms with Gasteiger partial charge in [-0.15, -0.1) is 24.8 Å². The fraction of sp³-hybridized carbons (Fsp3) is 0.500. The van der Waals surface area contributed by atoms with E-state index in [-0.39, 0.29) is 42.6 Å². The van der Waals surface area contributed by atoms with Gasteiger partial charge in [0.05, 0.1) is 6.10 Å². The van der Waals surface area contributed by atoms with E-state index in [9.17, 15) is 4.79 Å². The van der Waals surface area contributed by atoms with Crippen LogP contribution in [0.4, 0.5) is 0 Å². The van der Waals surface area contributed by atoms with Gasteiger partial charge in [0.2, 0.25) is 0 Å². The molecule has 3 rings (SSSR count). The van der Waals surface area contributed by atoms with Crippen molar-refractivity contribution in [3.8, 4) is 0 Å². The van der Waals surface area contributed by atoms with Crippen LogP contribution < -0.4 is 0 Å². The summed E-state index contributed by atoms with van der Waals surface area (Å²) in [5.41, 5.74) is 1.98. The largest absolute Gasteiger partial charge is 0.372 e. The fourth-order valence-corrected chi connectivity index (χ4v) is 4.11. The molecule has 184 valence electrons. The first-order valence-electron chi connectivity index (χ1n) is 11.3. The number of ether oxygens (including phenoxy) is 1. The zero-order chi connectivity index (χ0) is 22.2. The summed E-state index contributed by atoms with van der Waals surface area (Å²) in [7, 11) is 0. The van der Waals surface area contributed by atoms with Crippen molar-refractivity contribution in [1.82, 2.24) is 9.80 Å². The molecule has 0 spiro atoms. The van der Waals surface area contributed by atoms with E-state index < -0.39 is 0 Å². The highest BCUT2D eigenvalue weighted by molar-refractivity contribution is 6.30. The third-order valence-electron chi connectivity index (χ3n) is 5.80. The minimum atomic E-state index is -0.0285. The number of ketones is 1.